The molecule has 0 saturated carbocycles. The highest BCUT2D eigenvalue weighted by atomic mass is 16.3. The van der Waals surface area contributed by atoms with E-state index in [1.165, 1.54) is 6.26 Å². The molecule has 0 radical (unpaired) electrons. The van der Waals surface area contributed by atoms with Gasteiger partial charge in [-0.3, -0.25) is 4.79 Å². The predicted molar refractivity (Wildman–Crippen MR) is 56.7 cm³/mol. The zero-order valence-electron chi connectivity index (χ0n) is 9.33. The van der Waals surface area contributed by atoms with Gasteiger partial charge in [0.25, 0.3) is 5.91 Å². The molecule has 1 rings (SSSR count). The average molecular weight is 211 g/mol. The number of rotatable bonds is 4. The lowest BCUT2D eigenvalue weighted by Crippen LogP contribution is -2.40. The number of nitrogens with one attached hydrogen (secondary N) is 1. The first kappa shape index (κ1) is 11.8. The molecule has 4 nitrogen and oxygen atoms in total. The molecule has 0 saturated heterocycles. The molecule has 0 aliphatic rings. The van der Waals surface area contributed by atoms with Gasteiger partial charge >= 0.3 is 0 Å². The van der Waals surface area contributed by atoms with E-state index in [2.05, 4.69) is 5.32 Å². The van der Waals surface area contributed by atoms with Gasteiger partial charge < -0.3 is 14.8 Å². The van der Waals surface area contributed by atoms with Gasteiger partial charge in [-0.2, -0.15) is 0 Å². The smallest absolute Gasteiger partial charge is 0.254 e. The van der Waals surface area contributed by atoms with Crippen LogP contribution in [-0.4, -0.2) is 23.2 Å². The first-order valence-corrected chi connectivity index (χ1v) is 5.01. The number of carbonyl (C=O) groups is 1. The van der Waals surface area contributed by atoms with Gasteiger partial charge in [-0.15, -0.1) is 0 Å². The maximum atomic E-state index is 11.6. The van der Waals surface area contributed by atoms with Crippen molar-refractivity contribution in [2.75, 3.05) is 6.54 Å². The average Bonchev–Trinajstić information content (AvgIpc) is 2.61. The van der Waals surface area contributed by atoms with Crippen LogP contribution in [0.5, 0.6) is 0 Å². The van der Waals surface area contributed by atoms with Crippen molar-refractivity contribution in [1.29, 1.82) is 0 Å². The molecule has 0 aromatic carbocycles. The van der Waals surface area contributed by atoms with E-state index in [1.807, 2.05) is 6.92 Å². The summed E-state index contributed by atoms with van der Waals surface area (Å²) < 4.78 is 5.02. The van der Waals surface area contributed by atoms with E-state index < -0.39 is 5.60 Å². The lowest BCUT2D eigenvalue weighted by molar-refractivity contribution is 0.0518. The Hall–Kier alpha value is -1.29. The number of hydrogen-bond donors (Lipinski definition) is 2. The molecule has 0 aliphatic carbocycles. The number of aryl methyl sites for hydroxylation is 1. The van der Waals surface area contributed by atoms with Gasteiger partial charge in [0.1, 0.15) is 5.76 Å². The van der Waals surface area contributed by atoms with Crippen molar-refractivity contribution >= 4 is 5.91 Å². The zero-order valence-corrected chi connectivity index (χ0v) is 9.33. The highest BCUT2D eigenvalue weighted by Crippen LogP contribution is 2.10. The maximum Gasteiger partial charge on any atom is 0.254 e. The van der Waals surface area contributed by atoms with Crippen LogP contribution in [0.4, 0.5) is 0 Å². The Morgan fingerprint density at radius 2 is 2.33 bits per heavy atom. The van der Waals surface area contributed by atoms with Crippen molar-refractivity contribution in [3.05, 3.63) is 23.7 Å². The monoisotopic (exact) mass is 211 g/mol. The molecule has 2 N–H and O–H groups in total. The Kier molecular flexibility index (Phi) is 3.52. The molecule has 1 aromatic rings. The lowest BCUT2D eigenvalue weighted by Gasteiger charge is -2.21. The van der Waals surface area contributed by atoms with Crippen LogP contribution < -0.4 is 5.32 Å². The third kappa shape index (κ3) is 3.09. The van der Waals surface area contributed by atoms with Crippen LogP contribution in [0.2, 0.25) is 0 Å². The normalized spacial score (nSPS) is 14.7. The van der Waals surface area contributed by atoms with Crippen molar-refractivity contribution in [3.63, 3.8) is 0 Å². The molecule has 0 aliphatic heterocycles. The molecule has 0 fully saturated rings. The van der Waals surface area contributed by atoms with E-state index in [0.717, 1.165) is 0 Å². The minimum absolute atomic E-state index is 0.213. The van der Waals surface area contributed by atoms with E-state index in [-0.39, 0.29) is 12.5 Å². The second-order valence-electron chi connectivity index (χ2n) is 3.92. The van der Waals surface area contributed by atoms with Gasteiger partial charge in [0, 0.05) is 6.54 Å². The first-order valence-electron chi connectivity index (χ1n) is 5.01. The summed E-state index contributed by atoms with van der Waals surface area (Å²) in [4.78, 5) is 11.6. The molecular formula is C11H17NO3. The number of amides is 1. The van der Waals surface area contributed by atoms with Crippen LogP contribution in [0, 0.1) is 6.92 Å². The van der Waals surface area contributed by atoms with Gasteiger partial charge in [0.05, 0.1) is 17.4 Å². The standard InChI is InChI=1S/C11H17NO3/c1-4-11(3,14)7-12-10(13)9-5-6-15-8(9)2/h5-6,14H,4,7H2,1-3H3,(H,12,13). The SMILES string of the molecule is CCC(C)(O)CNC(=O)c1ccoc1C. The molecule has 1 atom stereocenters. The van der Waals surface area contributed by atoms with Gasteiger partial charge in [-0.05, 0) is 26.3 Å². The summed E-state index contributed by atoms with van der Waals surface area (Å²) in [7, 11) is 0. The Morgan fingerprint density at radius 3 is 2.80 bits per heavy atom. The topological polar surface area (TPSA) is 62.5 Å². The van der Waals surface area contributed by atoms with Crippen LogP contribution in [0.15, 0.2) is 16.7 Å². The van der Waals surface area contributed by atoms with Crippen LogP contribution >= 0.6 is 0 Å². The number of furan rings is 1. The van der Waals surface area contributed by atoms with E-state index in [0.29, 0.717) is 17.7 Å². The molecular weight excluding hydrogens is 194 g/mol. The lowest BCUT2D eigenvalue weighted by atomic mass is 10.0. The van der Waals surface area contributed by atoms with Crippen molar-refractivity contribution in [1.82, 2.24) is 5.32 Å². The van der Waals surface area contributed by atoms with Crippen molar-refractivity contribution < 1.29 is 14.3 Å². The number of hydrogen-bond acceptors (Lipinski definition) is 3. The molecule has 1 heterocycles. The second kappa shape index (κ2) is 4.49. The van der Waals surface area contributed by atoms with Crippen LogP contribution in [0.25, 0.3) is 0 Å². The molecule has 1 amide bonds. The highest BCUT2D eigenvalue weighted by molar-refractivity contribution is 5.95. The Balaban J connectivity index is 2.55. The van der Waals surface area contributed by atoms with E-state index in [9.17, 15) is 9.90 Å². The fourth-order valence-corrected chi connectivity index (χ4v) is 1.11. The van der Waals surface area contributed by atoms with Crippen molar-refractivity contribution in [2.24, 2.45) is 0 Å². The van der Waals surface area contributed by atoms with E-state index in [4.69, 9.17) is 4.42 Å². The summed E-state index contributed by atoms with van der Waals surface area (Å²) in [5.41, 5.74) is -0.338. The Bertz CT molecular complexity index is 341. The number of carbonyl (C=O) groups excluding carboxylic acids is 1. The van der Waals surface area contributed by atoms with E-state index >= 15 is 0 Å². The van der Waals surface area contributed by atoms with Crippen LogP contribution in [0.1, 0.15) is 36.4 Å². The quantitative estimate of drug-likeness (QED) is 0.793. The third-order valence-corrected chi connectivity index (χ3v) is 2.49. The highest BCUT2D eigenvalue weighted by Gasteiger charge is 2.19. The summed E-state index contributed by atoms with van der Waals surface area (Å²) in [5.74, 6) is 0.374. The molecule has 4 heteroatoms. The molecule has 1 aromatic heterocycles. The summed E-state index contributed by atoms with van der Waals surface area (Å²) >= 11 is 0. The Morgan fingerprint density at radius 1 is 1.67 bits per heavy atom. The third-order valence-electron chi connectivity index (χ3n) is 2.49. The van der Waals surface area contributed by atoms with Gasteiger partial charge in [0.15, 0.2) is 0 Å². The molecule has 15 heavy (non-hydrogen) atoms. The molecule has 1 unspecified atom stereocenters. The summed E-state index contributed by atoms with van der Waals surface area (Å²) in [6.07, 6.45) is 2.07. The fraction of sp³-hybridized carbons (Fsp3) is 0.545. The Labute approximate surface area is 89.3 Å². The molecule has 0 bridgehead atoms. The molecule has 0 spiro atoms. The fourth-order valence-electron chi connectivity index (χ4n) is 1.11. The zero-order chi connectivity index (χ0) is 11.5. The first-order chi connectivity index (χ1) is 6.96. The van der Waals surface area contributed by atoms with E-state index in [1.54, 1.807) is 19.9 Å². The van der Waals surface area contributed by atoms with Crippen molar-refractivity contribution in [3.8, 4) is 0 Å². The number of aliphatic hydroxyl groups is 1. The van der Waals surface area contributed by atoms with Crippen LogP contribution in [-0.2, 0) is 0 Å². The van der Waals surface area contributed by atoms with Gasteiger partial charge in [-0.1, -0.05) is 6.92 Å². The summed E-state index contributed by atoms with van der Waals surface area (Å²) in [6.45, 7) is 5.53. The maximum absolute atomic E-state index is 11.6. The predicted octanol–water partition coefficient (Wildman–Crippen LogP) is 1.48. The van der Waals surface area contributed by atoms with Crippen molar-refractivity contribution in [2.45, 2.75) is 32.8 Å². The second-order valence-corrected chi connectivity index (χ2v) is 3.92. The summed E-state index contributed by atoms with van der Waals surface area (Å²) in [5, 5.41) is 12.4. The minimum Gasteiger partial charge on any atom is -0.469 e. The minimum atomic E-state index is -0.854. The van der Waals surface area contributed by atoms with Gasteiger partial charge in [-0.25, -0.2) is 0 Å². The van der Waals surface area contributed by atoms with Gasteiger partial charge in [0.2, 0.25) is 0 Å². The molecule has 84 valence electrons. The largest absolute Gasteiger partial charge is 0.469 e. The summed E-state index contributed by atoms with van der Waals surface area (Å²) in [6, 6.07) is 1.62. The van der Waals surface area contributed by atoms with Crippen LogP contribution in [0.3, 0.4) is 0 Å².